The molecule has 0 heterocycles. The fourth-order valence-corrected chi connectivity index (χ4v) is 7.68. The average molecular weight is 389 g/mol. The van der Waals surface area contributed by atoms with E-state index in [0.717, 1.165) is 19.3 Å². The van der Waals surface area contributed by atoms with Gasteiger partial charge in [-0.05, 0) is 91.0 Å². The first-order valence-corrected chi connectivity index (χ1v) is 9.77. The molecule has 0 aromatic rings. The second-order valence-corrected chi connectivity index (χ2v) is 9.57. The largest absolute Gasteiger partial charge is 0.771 e. The zero-order valence-corrected chi connectivity index (χ0v) is 14.1. The van der Waals surface area contributed by atoms with Crippen LogP contribution in [0.4, 0.5) is 26.3 Å². The molecular weight excluding hydrogens is 370 g/mol. The first-order chi connectivity index (χ1) is 11.5. The van der Waals surface area contributed by atoms with Gasteiger partial charge in [-0.15, -0.1) is 0 Å². The first-order valence-electron chi connectivity index (χ1n) is 8.70. The Kier molecular flexibility index (Phi) is 3.88. The van der Waals surface area contributed by atoms with E-state index in [0.29, 0.717) is 30.6 Å². The van der Waals surface area contributed by atoms with Crippen LogP contribution < -0.4 is 0 Å². The van der Waals surface area contributed by atoms with Crippen LogP contribution in [0.2, 0.25) is 0 Å². The van der Waals surface area contributed by atoms with Crippen LogP contribution in [0.3, 0.4) is 0 Å². The summed E-state index contributed by atoms with van der Waals surface area (Å²) >= 11 is -4.31. The summed E-state index contributed by atoms with van der Waals surface area (Å²) in [6, 6.07) is 0. The molecule has 25 heavy (non-hydrogen) atoms. The maximum Gasteiger partial charge on any atom is 0.413 e. The van der Waals surface area contributed by atoms with Crippen LogP contribution in [-0.4, -0.2) is 25.9 Å². The molecule has 4 rings (SSSR count). The smallest absolute Gasteiger partial charge is 0.413 e. The first kappa shape index (κ1) is 18.1. The van der Waals surface area contributed by atoms with Gasteiger partial charge < -0.3 is 4.55 Å². The third-order valence-electron chi connectivity index (χ3n) is 7.62. The third-order valence-corrected chi connectivity index (χ3v) is 8.82. The molecule has 9 heteroatoms. The van der Waals surface area contributed by atoms with Crippen LogP contribution in [0.5, 0.6) is 0 Å². The highest BCUT2D eigenvalue weighted by Crippen LogP contribution is 2.70. The molecule has 0 amide bonds. The Morgan fingerprint density at radius 3 is 1.92 bits per heavy atom. The van der Waals surface area contributed by atoms with Crippen molar-refractivity contribution in [1.82, 2.24) is 0 Å². The minimum absolute atomic E-state index is 0.176. The third kappa shape index (κ3) is 2.29. The lowest BCUT2D eigenvalue weighted by Gasteiger charge is -2.44. The molecule has 4 aliphatic rings. The molecule has 8 unspecified atom stereocenters. The molecule has 0 N–H and O–H groups in total. The molecule has 0 aromatic heterocycles. The van der Waals surface area contributed by atoms with Gasteiger partial charge in [-0.2, -0.15) is 26.3 Å². The molecule has 144 valence electrons. The Hall–Kier alpha value is -0.310. The predicted molar refractivity (Wildman–Crippen MR) is 75.9 cm³/mol. The van der Waals surface area contributed by atoms with Crippen LogP contribution in [0.25, 0.3) is 0 Å². The lowest BCUT2D eigenvalue weighted by molar-refractivity contribution is -0.272. The average Bonchev–Trinajstić information content (AvgIpc) is 3.19. The van der Waals surface area contributed by atoms with Gasteiger partial charge in [0, 0.05) is 0 Å². The minimum Gasteiger partial charge on any atom is -0.771 e. The fourth-order valence-electron chi connectivity index (χ4n) is 6.96. The maximum absolute atomic E-state index is 13.3. The van der Waals surface area contributed by atoms with Gasteiger partial charge in [0.2, 0.25) is 4.75 Å². The van der Waals surface area contributed by atoms with Crippen LogP contribution in [-0.2, 0) is 11.1 Å². The van der Waals surface area contributed by atoms with Crippen LogP contribution in [0, 0.1) is 41.4 Å². The Labute approximate surface area is 144 Å². The van der Waals surface area contributed by atoms with E-state index in [2.05, 4.69) is 0 Å². The zero-order valence-electron chi connectivity index (χ0n) is 13.3. The Morgan fingerprint density at radius 1 is 0.840 bits per heavy atom. The molecule has 4 bridgehead atoms. The minimum atomic E-state index is -5.87. The summed E-state index contributed by atoms with van der Waals surface area (Å²) in [5.41, 5.74) is 0. The number of fused-ring (bicyclic) bond motifs is 9. The lowest BCUT2D eigenvalue weighted by atomic mass is 9.66. The number of hydrogen-bond donors (Lipinski definition) is 0. The van der Waals surface area contributed by atoms with E-state index in [4.69, 9.17) is 0 Å². The van der Waals surface area contributed by atoms with E-state index in [-0.39, 0.29) is 17.8 Å². The van der Waals surface area contributed by atoms with Crippen molar-refractivity contribution in [1.29, 1.82) is 0 Å². The highest BCUT2D eigenvalue weighted by molar-refractivity contribution is 7.80. The summed E-state index contributed by atoms with van der Waals surface area (Å²) in [7, 11) is 0. The van der Waals surface area contributed by atoms with E-state index in [9.17, 15) is 35.1 Å². The number of rotatable bonds is 3. The Morgan fingerprint density at radius 2 is 1.40 bits per heavy atom. The van der Waals surface area contributed by atoms with Gasteiger partial charge in [0.05, 0.1) is 0 Å². The topological polar surface area (TPSA) is 40.1 Å². The SMILES string of the molecule is O=S([O-])C(CC1CC2CC1C1C3CCC(C3)C21)(C(F)(F)F)C(F)(F)F. The lowest BCUT2D eigenvalue weighted by Crippen LogP contribution is -2.61. The van der Waals surface area contributed by atoms with Crippen molar-refractivity contribution < 1.29 is 35.1 Å². The van der Waals surface area contributed by atoms with Crippen molar-refractivity contribution in [3.8, 4) is 0 Å². The van der Waals surface area contributed by atoms with Gasteiger partial charge in [-0.3, -0.25) is 4.21 Å². The van der Waals surface area contributed by atoms with Gasteiger partial charge >= 0.3 is 12.4 Å². The van der Waals surface area contributed by atoms with Crippen molar-refractivity contribution in [3.05, 3.63) is 0 Å². The maximum atomic E-state index is 13.3. The summed E-state index contributed by atoms with van der Waals surface area (Å²) in [4.78, 5) is 0. The van der Waals surface area contributed by atoms with Gasteiger partial charge in [-0.1, -0.05) is 0 Å². The molecule has 4 aliphatic carbocycles. The van der Waals surface area contributed by atoms with Gasteiger partial charge in [0.15, 0.2) is 0 Å². The summed E-state index contributed by atoms with van der Waals surface area (Å²) in [5.74, 6) is 0.830. The summed E-state index contributed by atoms with van der Waals surface area (Å²) in [5, 5.41) is 0. The van der Waals surface area contributed by atoms with Crippen LogP contribution in [0.1, 0.15) is 38.5 Å². The number of halogens is 6. The van der Waals surface area contributed by atoms with Gasteiger partial charge in [-0.25, -0.2) is 0 Å². The Bertz CT molecular complexity index is 574. The van der Waals surface area contributed by atoms with Crippen molar-refractivity contribution in [2.75, 3.05) is 0 Å². The zero-order chi connectivity index (χ0) is 18.4. The van der Waals surface area contributed by atoms with Crippen molar-refractivity contribution in [3.63, 3.8) is 0 Å². The van der Waals surface area contributed by atoms with E-state index in [1.165, 1.54) is 0 Å². The molecular formula is C16H19F6O2S-. The molecule has 2 nitrogen and oxygen atoms in total. The monoisotopic (exact) mass is 389 g/mol. The van der Waals surface area contributed by atoms with E-state index >= 15 is 0 Å². The number of hydrogen-bond acceptors (Lipinski definition) is 2. The molecule has 0 aromatic carbocycles. The van der Waals surface area contributed by atoms with Crippen molar-refractivity contribution >= 4 is 11.1 Å². The van der Waals surface area contributed by atoms with Crippen molar-refractivity contribution in [2.24, 2.45) is 41.4 Å². The quantitative estimate of drug-likeness (QED) is 0.407. The van der Waals surface area contributed by atoms with Crippen LogP contribution >= 0.6 is 0 Å². The predicted octanol–water partition coefficient (Wildman–Crippen LogP) is 4.44. The van der Waals surface area contributed by atoms with Crippen LogP contribution in [0.15, 0.2) is 0 Å². The molecule has 0 aliphatic heterocycles. The highest BCUT2D eigenvalue weighted by Gasteiger charge is 2.74. The normalized spacial score (nSPS) is 44.4. The van der Waals surface area contributed by atoms with E-state index < -0.39 is 40.5 Å². The molecule has 4 fully saturated rings. The van der Waals surface area contributed by atoms with E-state index in [1.807, 2.05) is 0 Å². The number of alkyl halides is 6. The van der Waals surface area contributed by atoms with Gasteiger partial charge in [0.1, 0.15) is 0 Å². The summed E-state index contributed by atoms with van der Waals surface area (Å²) in [6.45, 7) is 0. The standard InChI is InChI=1S/C16H20F6O2S/c17-15(18,19)14(25(23)24,16(20,21)22)6-10-4-9-5-11(10)13-8-2-1-7(3-8)12(9)13/h7-13H,1-6H2,(H,23,24)/p-1. The second kappa shape index (κ2) is 5.36. The highest BCUT2D eigenvalue weighted by atomic mass is 32.2. The summed E-state index contributed by atoms with van der Waals surface area (Å²) in [6.07, 6.45) is -8.95. The van der Waals surface area contributed by atoms with Gasteiger partial charge in [0.25, 0.3) is 0 Å². The van der Waals surface area contributed by atoms with Crippen molar-refractivity contribution in [2.45, 2.75) is 55.6 Å². The fraction of sp³-hybridized carbons (Fsp3) is 1.00. The van der Waals surface area contributed by atoms with E-state index in [1.54, 1.807) is 0 Å². The molecule has 0 spiro atoms. The molecule has 0 saturated heterocycles. The molecule has 4 saturated carbocycles. The molecule has 0 radical (unpaired) electrons. The summed E-state index contributed by atoms with van der Waals surface area (Å²) < 4.78 is 97.7. The Balaban J connectivity index is 1.63. The molecule has 8 atom stereocenters. The second-order valence-electron chi connectivity index (χ2n) is 8.40.